The number of para-hydroxylation sites is 2. The summed E-state index contributed by atoms with van der Waals surface area (Å²) in [6, 6.07) is 16.3. The Hall–Kier alpha value is -3.28. The van der Waals surface area contributed by atoms with E-state index in [0.29, 0.717) is 23.8 Å². The molecule has 0 saturated carbocycles. The quantitative estimate of drug-likeness (QED) is 0.695. The van der Waals surface area contributed by atoms with Crippen LogP contribution in [-0.4, -0.2) is 40.1 Å². The average Bonchev–Trinajstić information content (AvgIpc) is 3.45. The van der Waals surface area contributed by atoms with Crippen molar-refractivity contribution in [1.82, 2.24) is 9.55 Å². The molecule has 148 valence electrons. The highest BCUT2D eigenvalue weighted by atomic mass is 16.3. The Morgan fingerprint density at radius 1 is 1.00 bits per heavy atom. The molecule has 0 radical (unpaired) electrons. The summed E-state index contributed by atoms with van der Waals surface area (Å²) in [5, 5.41) is 19.5. The first kappa shape index (κ1) is 17.8. The fraction of sp³-hybridized carbons (Fsp3) is 0.304. The maximum Gasteiger partial charge on any atom is 0.148 e. The fourth-order valence-electron chi connectivity index (χ4n) is 4.44. The van der Waals surface area contributed by atoms with Crippen LogP contribution in [0.1, 0.15) is 25.6 Å². The van der Waals surface area contributed by atoms with Crippen LogP contribution in [0.25, 0.3) is 16.6 Å². The van der Waals surface area contributed by atoms with Gasteiger partial charge in [-0.1, -0.05) is 12.1 Å². The highest BCUT2D eigenvalue weighted by Gasteiger charge is 2.32. The van der Waals surface area contributed by atoms with Crippen molar-refractivity contribution in [3.8, 4) is 0 Å². The highest BCUT2D eigenvalue weighted by Crippen LogP contribution is 2.33. The van der Waals surface area contributed by atoms with Gasteiger partial charge in [0.1, 0.15) is 17.4 Å². The third-order valence-electron chi connectivity index (χ3n) is 5.93. The van der Waals surface area contributed by atoms with Crippen LogP contribution in [0.4, 0.5) is 11.4 Å². The van der Waals surface area contributed by atoms with Crippen LogP contribution < -0.4 is 9.80 Å². The van der Waals surface area contributed by atoms with E-state index in [9.17, 15) is 5.11 Å². The van der Waals surface area contributed by atoms with Crippen LogP contribution in [0.2, 0.25) is 0 Å². The van der Waals surface area contributed by atoms with Gasteiger partial charge in [-0.25, -0.2) is 4.98 Å². The van der Waals surface area contributed by atoms with Crippen molar-refractivity contribution in [3.05, 3.63) is 60.1 Å². The Bertz CT molecular complexity index is 1110. The van der Waals surface area contributed by atoms with Gasteiger partial charge in [-0.2, -0.15) is 0 Å². The molecule has 5 rings (SSSR count). The zero-order valence-electron chi connectivity index (χ0n) is 16.6. The zero-order valence-corrected chi connectivity index (χ0v) is 16.6. The van der Waals surface area contributed by atoms with E-state index in [2.05, 4.69) is 28.5 Å². The SMILES string of the molecule is CCn1c(C2=C(O)CN(c3ccc(N4CCCC4)cc3)C2=N)nc2ccccc21. The molecule has 1 fully saturated rings. The number of anilines is 2. The normalized spacial score (nSPS) is 17.2. The van der Waals surface area contributed by atoms with E-state index in [1.807, 2.05) is 41.3 Å². The summed E-state index contributed by atoms with van der Waals surface area (Å²) in [5.74, 6) is 1.15. The molecule has 1 saturated heterocycles. The molecule has 0 amide bonds. The van der Waals surface area contributed by atoms with Gasteiger partial charge < -0.3 is 19.5 Å². The summed E-state index contributed by atoms with van der Waals surface area (Å²) >= 11 is 0. The molecule has 2 aromatic carbocycles. The number of imidazole rings is 1. The molecule has 3 heterocycles. The number of aromatic nitrogens is 2. The molecule has 0 unspecified atom stereocenters. The maximum absolute atomic E-state index is 10.8. The average molecular weight is 387 g/mol. The predicted octanol–water partition coefficient (Wildman–Crippen LogP) is 4.42. The Morgan fingerprint density at radius 3 is 2.41 bits per heavy atom. The largest absolute Gasteiger partial charge is 0.509 e. The van der Waals surface area contributed by atoms with E-state index >= 15 is 0 Å². The molecular formula is C23H25N5O. The monoisotopic (exact) mass is 387 g/mol. The van der Waals surface area contributed by atoms with Crippen LogP contribution in [0, 0.1) is 5.41 Å². The second-order valence-electron chi connectivity index (χ2n) is 7.64. The van der Waals surface area contributed by atoms with Gasteiger partial charge in [-0.15, -0.1) is 0 Å². The first-order chi connectivity index (χ1) is 14.2. The summed E-state index contributed by atoms with van der Waals surface area (Å²) in [7, 11) is 0. The third kappa shape index (κ3) is 2.87. The Kier molecular flexibility index (Phi) is 4.27. The van der Waals surface area contributed by atoms with Gasteiger partial charge in [0.2, 0.25) is 0 Å². The van der Waals surface area contributed by atoms with E-state index < -0.39 is 0 Å². The molecule has 0 spiro atoms. The molecule has 6 nitrogen and oxygen atoms in total. The van der Waals surface area contributed by atoms with E-state index in [1.165, 1.54) is 18.5 Å². The van der Waals surface area contributed by atoms with Gasteiger partial charge in [0.05, 0.1) is 23.2 Å². The lowest BCUT2D eigenvalue weighted by Gasteiger charge is -2.22. The number of fused-ring (bicyclic) bond motifs is 1. The second-order valence-corrected chi connectivity index (χ2v) is 7.64. The Labute approximate surface area is 170 Å². The van der Waals surface area contributed by atoms with Crippen LogP contribution in [0.15, 0.2) is 54.3 Å². The predicted molar refractivity (Wildman–Crippen MR) is 118 cm³/mol. The van der Waals surface area contributed by atoms with Crippen molar-refractivity contribution >= 4 is 33.8 Å². The Balaban J connectivity index is 1.47. The number of benzene rings is 2. The highest BCUT2D eigenvalue weighted by molar-refractivity contribution is 6.30. The smallest absolute Gasteiger partial charge is 0.148 e. The molecule has 29 heavy (non-hydrogen) atoms. The van der Waals surface area contributed by atoms with Gasteiger partial charge >= 0.3 is 0 Å². The maximum atomic E-state index is 10.8. The number of amidine groups is 1. The summed E-state index contributed by atoms with van der Waals surface area (Å²) < 4.78 is 2.06. The molecule has 1 aromatic heterocycles. The van der Waals surface area contributed by atoms with Crippen molar-refractivity contribution in [1.29, 1.82) is 5.41 Å². The molecular weight excluding hydrogens is 362 g/mol. The molecule has 3 aromatic rings. The first-order valence-electron chi connectivity index (χ1n) is 10.3. The van der Waals surface area contributed by atoms with Crippen LogP contribution >= 0.6 is 0 Å². The summed E-state index contributed by atoms with van der Waals surface area (Å²) in [6.07, 6.45) is 2.50. The number of aliphatic hydroxyl groups is 1. The van der Waals surface area contributed by atoms with Gasteiger partial charge in [0.25, 0.3) is 0 Å². The summed E-state index contributed by atoms with van der Waals surface area (Å²) in [6.45, 7) is 5.30. The lowest BCUT2D eigenvalue weighted by atomic mass is 10.2. The molecule has 6 heteroatoms. The number of nitrogens with one attached hydrogen (secondary N) is 1. The number of aliphatic hydroxyl groups excluding tert-OH is 1. The molecule has 0 atom stereocenters. The molecule has 0 aliphatic carbocycles. The molecule has 2 aliphatic rings. The minimum atomic E-state index is 0.198. The fourth-order valence-corrected chi connectivity index (χ4v) is 4.44. The van der Waals surface area contributed by atoms with Crippen molar-refractivity contribution < 1.29 is 5.11 Å². The van der Waals surface area contributed by atoms with Crippen molar-refractivity contribution in [3.63, 3.8) is 0 Å². The topological polar surface area (TPSA) is 68.4 Å². The number of hydrogen-bond donors (Lipinski definition) is 2. The lowest BCUT2D eigenvalue weighted by Crippen LogP contribution is -2.26. The molecule has 2 aliphatic heterocycles. The van der Waals surface area contributed by atoms with Crippen LogP contribution in [0.5, 0.6) is 0 Å². The van der Waals surface area contributed by atoms with Crippen molar-refractivity contribution in [2.45, 2.75) is 26.3 Å². The van der Waals surface area contributed by atoms with E-state index in [4.69, 9.17) is 10.4 Å². The summed E-state index contributed by atoms with van der Waals surface area (Å²) in [5.41, 5.74) is 4.56. The number of aryl methyl sites for hydroxylation is 1. The number of hydrogen-bond acceptors (Lipinski definition) is 4. The van der Waals surface area contributed by atoms with Crippen molar-refractivity contribution in [2.24, 2.45) is 0 Å². The molecule has 2 N–H and O–H groups in total. The van der Waals surface area contributed by atoms with Gasteiger partial charge in [-0.3, -0.25) is 5.41 Å². The molecule has 0 bridgehead atoms. The first-order valence-corrected chi connectivity index (χ1v) is 10.3. The second kappa shape index (κ2) is 6.95. The van der Waals surface area contributed by atoms with E-state index in [1.54, 1.807) is 0 Å². The number of rotatable bonds is 4. The number of nitrogens with zero attached hydrogens (tertiary/aromatic N) is 4. The van der Waals surface area contributed by atoms with Gasteiger partial charge in [-0.05, 0) is 56.2 Å². The van der Waals surface area contributed by atoms with Crippen molar-refractivity contribution in [2.75, 3.05) is 29.4 Å². The van der Waals surface area contributed by atoms with Crippen LogP contribution in [-0.2, 0) is 6.54 Å². The zero-order chi connectivity index (χ0) is 20.0. The van der Waals surface area contributed by atoms with E-state index in [-0.39, 0.29) is 5.76 Å². The van der Waals surface area contributed by atoms with Crippen LogP contribution in [0.3, 0.4) is 0 Å². The minimum absolute atomic E-state index is 0.198. The summed E-state index contributed by atoms with van der Waals surface area (Å²) in [4.78, 5) is 8.97. The third-order valence-corrected chi connectivity index (χ3v) is 5.93. The van der Waals surface area contributed by atoms with Gasteiger partial charge in [0, 0.05) is 31.0 Å². The Morgan fingerprint density at radius 2 is 1.69 bits per heavy atom. The van der Waals surface area contributed by atoms with E-state index in [0.717, 1.165) is 36.4 Å². The minimum Gasteiger partial charge on any atom is -0.509 e. The standard InChI is InChI=1S/C23H25N5O/c1-2-27-19-8-4-3-7-18(19)25-23(27)21-20(29)15-28(22(21)24)17-11-9-16(10-12-17)26-13-5-6-14-26/h3-4,7-12,24,29H,2,5-6,13-15H2,1H3. The lowest BCUT2D eigenvalue weighted by molar-refractivity contribution is 0.411. The van der Waals surface area contributed by atoms with Gasteiger partial charge in [0.15, 0.2) is 0 Å².